The van der Waals surface area contributed by atoms with Gasteiger partial charge in [0, 0.05) is 26.7 Å². The first-order chi connectivity index (χ1) is 9.65. The smallest absolute Gasteiger partial charge is 0.225 e. The van der Waals surface area contributed by atoms with Gasteiger partial charge in [0.15, 0.2) is 0 Å². The van der Waals surface area contributed by atoms with E-state index < -0.39 is 0 Å². The first-order valence-electron chi connectivity index (χ1n) is 7.30. The van der Waals surface area contributed by atoms with Gasteiger partial charge in [-0.25, -0.2) is 0 Å². The Bertz CT molecular complexity index is 486. The Labute approximate surface area is 120 Å². The van der Waals surface area contributed by atoms with Crippen molar-refractivity contribution in [2.75, 3.05) is 20.1 Å². The number of aryl methyl sites for hydroxylation is 1. The SMILES string of the molecule is CNC(=O)[C@H]1C[C@H]2CN(Cc3ccc(C)cc3)C[C@@H]1O2. The summed E-state index contributed by atoms with van der Waals surface area (Å²) in [6, 6.07) is 8.67. The van der Waals surface area contributed by atoms with E-state index in [-0.39, 0.29) is 24.0 Å². The first-order valence-corrected chi connectivity index (χ1v) is 7.30. The standard InChI is InChI=1S/C16H22N2O2/c1-11-3-5-12(6-4-11)8-18-9-13-7-14(16(19)17-2)15(10-18)20-13/h3-6,13-15H,7-10H2,1-2H3,(H,17,19)/t13-,14-,15-/m0/s1. The molecule has 0 aromatic heterocycles. The Morgan fingerprint density at radius 3 is 2.80 bits per heavy atom. The van der Waals surface area contributed by atoms with Crippen LogP contribution >= 0.6 is 0 Å². The summed E-state index contributed by atoms with van der Waals surface area (Å²) in [4.78, 5) is 14.3. The number of benzene rings is 1. The molecule has 20 heavy (non-hydrogen) atoms. The van der Waals surface area contributed by atoms with Crippen LogP contribution in [0.25, 0.3) is 0 Å². The summed E-state index contributed by atoms with van der Waals surface area (Å²) >= 11 is 0. The second-order valence-electron chi connectivity index (χ2n) is 5.93. The quantitative estimate of drug-likeness (QED) is 0.904. The molecule has 0 radical (unpaired) electrons. The number of likely N-dealkylation sites (tertiary alicyclic amines) is 1. The molecular formula is C16H22N2O2. The largest absolute Gasteiger partial charge is 0.371 e. The van der Waals surface area contributed by atoms with E-state index in [9.17, 15) is 4.79 Å². The van der Waals surface area contributed by atoms with Crippen molar-refractivity contribution in [1.82, 2.24) is 10.2 Å². The van der Waals surface area contributed by atoms with Crippen molar-refractivity contribution in [1.29, 1.82) is 0 Å². The summed E-state index contributed by atoms with van der Waals surface area (Å²) in [6.07, 6.45) is 1.12. The zero-order valence-electron chi connectivity index (χ0n) is 12.1. The van der Waals surface area contributed by atoms with Crippen molar-refractivity contribution >= 4 is 5.91 Å². The molecule has 0 unspecified atom stereocenters. The van der Waals surface area contributed by atoms with Gasteiger partial charge in [-0.05, 0) is 18.9 Å². The lowest BCUT2D eigenvalue weighted by Crippen LogP contribution is -2.44. The number of hydrogen-bond acceptors (Lipinski definition) is 3. The Kier molecular flexibility index (Phi) is 3.76. The summed E-state index contributed by atoms with van der Waals surface area (Å²) in [5, 5.41) is 2.75. The highest BCUT2D eigenvalue weighted by Gasteiger charge is 2.44. The van der Waals surface area contributed by atoms with Gasteiger partial charge in [0.1, 0.15) is 0 Å². The third-order valence-electron chi connectivity index (χ3n) is 4.34. The highest BCUT2D eigenvalue weighted by atomic mass is 16.5. The van der Waals surface area contributed by atoms with Gasteiger partial charge in [-0.15, -0.1) is 0 Å². The van der Waals surface area contributed by atoms with Crippen molar-refractivity contribution in [3.05, 3.63) is 35.4 Å². The number of amides is 1. The average molecular weight is 274 g/mol. The molecule has 3 rings (SSSR count). The molecule has 2 aliphatic rings. The lowest BCUT2D eigenvalue weighted by molar-refractivity contribution is -0.127. The number of carbonyl (C=O) groups is 1. The van der Waals surface area contributed by atoms with Crippen LogP contribution in [-0.2, 0) is 16.1 Å². The Hall–Kier alpha value is -1.39. The van der Waals surface area contributed by atoms with Crippen molar-refractivity contribution in [3.8, 4) is 0 Å². The van der Waals surface area contributed by atoms with Gasteiger partial charge < -0.3 is 10.1 Å². The molecule has 2 aliphatic heterocycles. The maximum Gasteiger partial charge on any atom is 0.225 e. The molecule has 1 N–H and O–H groups in total. The molecule has 108 valence electrons. The molecule has 4 heteroatoms. The van der Waals surface area contributed by atoms with Crippen LogP contribution in [0.2, 0.25) is 0 Å². The highest BCUT2D eigenvalue weighted by Crippen LogP contribution is 2.32. The molecule has 1 aromatic carbocycles. The van der Waals surface area contributed by atoms with E-state index in [1.54, 1.807) is 7.05 Å². The summed E-state index contributed by atoms with van der Waals surface area (Å²) in [5.41, 5.74) is 2.61. The molecule has 2 heterocycles. The molecule has 2 fully saturated rings. The maximum absolute atomic E-state index is 11.8. The lowest BCUT2D eigenvalue weighted by Gasteiger charge is -2.32. The van der Waals surface area contributed by atoms with E-state index >= 15 is 0 Å². The average Bonchev–Trinajstić information content (AvgIpc) is 2.75. The summed E-state index contributed by atoms with van der Waals surface area (Å²) in [5.74, 6) is 0.141. The lowest BCUT2D eigenvalue weighted by atomic mass is 10.00. The molecular weight excluding hydrogens is 252 g/mol. The minimum Gasteiger partial charge on any atom is -0.371 e. The molecule has 2 saturated heterocycles. The number of morpholine rings is 1. The third kappa shape index (κ3) is 2.72. The molecule has 0 saturated carbocycles. The maximum atomic E-state index is 11.8. The number of rotatable bonds is 3. The fourth-order valence-corrected chi connectivity index (χ4v) is 3.28. The molecule has 3 atom stereocenters. The van der Waals surface area contributed by atoms with Crippen LogP contribution in [0.4, 0.5) is 0 Å². The fraction of sp³-hybridized carbons (Fsp3) is 0.562. The number of nitrogens with zero attached hydrogens (tertiary/aromatic N) is 1. The molecule has 2 bridgehead atoms. The van der Waals surface area contributed by atoms with Crippen molar-refractivity contribution in [3.63, 3.8) is 0 Å². The van der Waals surface area contributed by atoms with E-state index in [0.717, 1.165) is 26.1 Å². The monoisotopic (exact) mass is 274 g/mol. The number of ether oxygens (including phenoxy) is 1. The number of hydrogen-bond donors (Lipinski definition) is 1. The molecule has 1 amide bonds. The van der Waals surface area contributed by atoms with E-state index in [0.29, 0.717) is 0 Å². The van der Waals surface area contributed by atoms with E-state index in [4.69, 9.17) is 4.74 Å². The van der Waals surface area contributed by atoms with Gasteiger partial charge in [0.05, 0.1) is 18.1 Å². The van der Waals surface area contributed by atoms with E-state index in [2.05, 4.69) is 41.4 Å². The van der Waals surface area contributed by atoms with Crippen LogP contribution in [0, 0.1) is 12.8 Å². The predicted octanol–water partition coefficient (Wildman–Crippen LogP) is 1.33. The predicted molar refractivity (Wildman–Crippen MR) is 77.3 cm³/mol. The van der Waals surface area contributed by atoms with Crippen LogP contribution in [0.15, 0.2) is 24.3 Å². The van der Waals surface area contributed by atoms with Crippen LogP contribution in [0.3, 0.4) is 0 Å². The van der Waals surface area contributed by atoms with E-state index in [1.807, 2.05) is 0 Å². The summed E-state index contributed by atoms with van der Waals surface area (Å²) < 4.78 is 5.92. The van der Waals surface area contributed by atoms with Gasteiger partial charge in [0.25, 0.3) is 0 Å². The molecule has 0 aliphatic carbocycles. The normalized spacial score (nSPS) is 29.4. The summed E-state index contributed by atoms with van der Waals surface area (Å²) in [7, 11) is 1.70. The van der Waals surface area contributed by atoms with Crippen LogP contribution in [0.5, 0.6) is 0 Å². The van der Waals surface area contributed by atoms with Crippen molar-refractivity contribution < 1.29 is 9.53 Å². The van der Waals surface area contributed by atoms with Gasteiger partial charge >= 0.3 is 0 Å². The zero-order chi connectivity index (χ0) is 14.1. The Morgan fingerprint density at radius 2 is 2.10 bits per heavy atom. The van der Waals surface area contributed by atoms with E-state index in [1.165, 1.54) is 11.1 Å². The van der Waals surface area contributed by atoms with Gasteiger partial charge in [0.2, 0.25) is 5.91 Å². The minimum absolute atomic E-state index is 0.0213. The second kappa shape index (κ2) is 5.54. The van der Waals surface area contributed by atoms with Crippen LogP contribution in [0.1, 0.15) is 17.5 Å². The minimum atomic E-state index is 0.0213. The molecule has 1 aromatic rings. The number of fused-ring (bicyclic) bond motifs is 2. The van der Waals surface area contributed by atoms with Crippen LogP contribution < -0.4 is 5.32 Å². The fourth-order valence-electron chi connectivity index (χ4n) is 3.28. The number of nitrogens with one attached hydrogen (secondary N) is 1. The topological polar surface area (TPSA) is 41.6 Å². The Balaban J connectivity index is 1.64. The highest BCUT2D eigenvalue weighted by molar-refractivity contribution is 5.79. The van der Waals surface area contributed by atoms with Gasteiger partial charge in [-0.2, -0.15) is 0 Å². The van der Waals surface area contributed by atoms with Crippen molar-refractivity contribution in [2.45, 2.75) is 32.1 Å². The Morgan fingerprint density at radius 1 is 1.35 bits per heavy atom. The zero-order valence-corrected chi connectivity index (χ0v) is 12.1. The molecule has 4 nitrogen and oxygen atoms in total. The van der Waals surface area contributed by atoms with Crippen molar-refractivity contribution in [2.24, 2.45) is 5.92 Å². The number of carbonyl (C=O) groups excluding carboxylic acids is 1. The van der Waals surface area contributed by atoms with Gasteiger partial charge in [-0.3, -0.25) is 9.69 Å². The third-order valence-corrected chi connectivity index (χ3v) is 4.34. The van der Waals surface area contributed by atoms with Crippen LogP contribution in [-0.4, -0.2) is 43.2 Å². The van der Waals surface area contributed by atoms with Gasteiger partial charge in [-0.1, -0.05) is 29.8 Å². The molecule has 0 spiro atoms. The first kappa shape index (κ1) is 13.6. The summed E-state index contributed by atoms with van der Waals surface area (Å²) in [6.45, 7) is 4.82. The second-order valence-corrected chi connectivity index (χ2v) is 5.93.